The van der Waals surface area contributed by atoms with Gasteiger partial charge >= 0.3 is 0 Å². The van der Waals surface area contributed by atoms with Crippen LogP contribution in [0.1, 0.15) is 27.4 Å². The summed E-state index contributed by atoms with van der Waals surface area (Å²) in [7, 11) is 0. The molecule has 3 aromatic rings. The minimum absolute atomic E-state index is 0.0357. The number of nitrogens with one attached hydrogen (secondary N) is 1. The van der Waals surface area contributed by atoms with E-state index in [0.717, 1.165) is 22.3 Å². The maximum Gasteiger partial charge on any atom is 0.251 e. The molecule has 27 heavy (non-hydrogen) atoms. The quantitative estimate of drug-likeness (QED) is 0.584. The smallest absolute Gasteiger partial charge is 0.251 e. The molecule has 1 unspecified atom stereocenters. The molecule has 0 saturated carbocycles. The van der Waals surface area contributed by atoms with Gasteiger partial charge in [-0.25, -0.2) is 0 Å². The van der Waals surface area contributed by atoms with Crippen molar-refractivity contribution in [1.29, 1.82) is 0 Å². The van der Waals surface area contributed by atoms with E-state index in [-0.39, 0.29) is 17.6 Å². The highest BCUT2D eigenvalue weighted by molar-refractivity contribution is 6.18. The number of carbonyl (C=O) groups excluding carboxylic acids is 1. The van der Waals surface area contributed by atoms with Crippen molar-refractivity contribution in [2.45, 2.75) is 12.8 Å². The van der Waals surface area contributed by atoms with Gasteiger partial charge in [0.2, 0.25) is 0 Å². The maximum absolute atomic E-state index is 12.4. The first-order chi connectivity index (χ1) is 13.1. The van der Waals surface area contributed by atoms with E-state index in [0.29, 0.717) is 18.0 Å². The Balaban J connectivity index is 1.67. The molecule has 2 N–H and O–H groups in total. The summed E-state index contributed by atoms with van der Waals surface area (Å²) in [6, 6.07) is 22.8. The lowest BCUT2D eigenvalue weighted by molar-refractivity contribution is 0.0951. The van der Waals surface area contributed by atoms with Crippen molar-refractivity contribution in [2.75, 3.05) is 12.4 Å². The van der Waals surface area contributed by atoms with Crippen LogP contribution in [0.15, 0.2) is 72.8 Å². The lowest BCUT2D eigenvalue weighted by Gasteiger charge is -2.16. The highest BCUT2D eigenvalue weighted by atomic mass is 35.5. The summed E-state index contributed by atoms with van der Waals surface area (Å²) in [6.45, 7) is 2.41. The van der Waals surface area contributed by atoms with Crippen LogP contribution in [0.4, 0.5) is 0 Å². The second-order valence-electron chi connectivity index (χ2n) is 6.55. The van der Waals surface area contributed by atoms with Crippen molar-refractivity contribution in [3.05, 3.63) is 89.5 Å². The van der Waals surface area contributed by atoms with Gasteiger partial charge in [-0.15, -0.1) is 11.6 Å². The molecule has 3 rings (SSSR count). The summed E-state index contributed by atoms with van der Waals surface area (Å²) in [4.78, 5) is 12.4. The van der Waals surface area contributed by atoms with Gasteiger partial charge in [0.05, 0.1) is 0 Å². The van der Waals surface area contributed by atoms with Gasteiger partial charge in [-0.1, -0.05) is 54.6 Å². The zero-order valence-electron chi connectivity index (χ0n) is 15.2. The number of alkyl halides is 1. The molecule has 1 amide bonds. The Morgan fingerprint density at radius 2 is 1.56 bits per heavy atom. The van der Waals surface area contributed by atoms with E-state index in [1.807, 2.05) is 67.6 Å². The first-order valence-corrected chi connectivity index (χ1v) is 9.41. The molecule has 0 saturated heterocycles. The highest BCUT2D eigenvalue weighted by Crippen LogP contribution is 2.25. The summed E-state index contributed by atoms with van der Waals surface area (Å²) in [5, 5.41) is 12.4. The van der Waals surface area contributed by atoms with E-state index in [4.69, 9.17) is 11.6 Å². The average Bonchev–Trinajstić information content (AvgIpc) is 2.70. The maximum atomic E-state index is 12.4. The summed E-state index contributed by atoms with van der Waals surface area (Å²) < 4.78 is 0. The zero-order valence-corrected chi connectivity index (χ0v) is 15.9. The number of halogens is 1. The van der Waals surface area contributed by atoms with Gasteiger partial charge in [0.15, 0.2) is 0 Å². The molecule has 0 aliphatic heterocycles. The number of phenolic OH excluding ortho intramolecular Hbond substituents is 1. The van der Waals surface area contributed by atoms with Gasteiger partial charge in [0.1, 0.15) is 5.75 Å². The van der Waals surface area contributed by atoms with E-state index < -0.39 is 0 Å². The van der Waals surface area contributed by atoms with Crippen molar-refractivity contribution in [3.8, 4) is 16.9 Å². The minimum Gasteiger partial charge on any atom is -0.508 e. The predicted molar refractivity (Wildman–Crippen MR) is 111 cm³/mol. The predicted octanol–water partition coefficient (Wildman–Crippen LogP) is 5.12. The van der Waals surface area contributed by atoms with Gasteiger partial charge in [-0.2, -0.15) is 0 Å². The lowest BCUT2D eigenvalue weighted by Crippen LogP contribution is -2.29. The van der Waals surface area contributed by atoms with E-state index in [1.54, 1.807) is 12.1 Å². The molecule has 0 aliphatic carbocycles. The Hall–Kier alpha value is -2.78. The van der Waals surface area contributed by atoms with Crippen molar-refractivity contribution >= 4 is 17.5 Å². The van der Waals surface area contributed by atoms with Crippen molar-refractivity contribution in [2.24, 2.45) is 0 Å². The van der Waals surface area contributed by atoms with Crippen LogP contribution < -0.4 is 5.32 Å². The normalized spacial score (nSPS) is 11.8. The second kappa shape index (κ2) is 8.74. The lowest BCUT2D eigenvalue weighted by atomic mass is 9.97. The third kappa shape index (κ3) is 4.69. The molecule has 0 heterocycles. The van der Waals surface area contributed by atoms with Crippen LogP contribution in [0, 0.1) is 6.92 Å². The van der Waals surface area contributed by atoms with Crippen LogP contribution in [0.3, 0.4) is 0 Å². The highest BCUT2D eigenvalue weighted by Gasteiger charge is 2.14. The van der Waals surface area contributed by atoms with Gasteiger partial charge in [0.25, 0.3) is 5.91 Å². The standard InChI is InChI=1S/C23H22ClNO2/c1-16-4-2-3-5-22(16)23(27)25-15-20(14-24)19-8-6-17(7-9-19)18-10-12-21(26)13-11-18/h2-13,20,26H,14-15H2,1H3,(H,25,27). The molecule has 0 bridgehead atoms. The van der Waals surface area contributed by atoms with Crippen LogP contribution >= 0.6 is 11.6 Å². The number of aryl methyl sites for hydroxylation is 1. The molecule has 0 fully saturated rings. The van der Waals surface area contributed by atoms with Gasteiger partial charge < -0.3 is 10.4 Å². The minimum atomic E-state index is -0.0797. The topological polar surface area (TPSA) is 49.3 Å². The second-order valence-corrected chi connectivity index (χ2v) is 6.85. The van der Waals surface area contributed by atoms with Crippen molar-refractivity contribution in [1.82, 2.24) is 5.32 Å². The van der Waals surface area contributed by atoms with Crippen molar-refractivity contribution in [3.63, 3.8) is 0 Å². The van der Waals surface area contributed by atoms with Crippen LogP contribution in [0.2, 0.25) is 0 Å². The fraction of sp³-hybridized carbons (Fsp3) is 0.174. The number of hydrogen-bond acceptors (Lipinski definition) is 2. The molecule has 3 nitrogen and oxygen atoms in total. The monoisotopic (exact) mass is 379 g/mol. The number of aromatic hydroxyl groups is 1. The Morgan fingerprint density at radius 1 is 0.963 bits per heavy atom. The summed E-state index contributed by atoms with van der Waals surface area (Å²) >= 11 is 6.16. The molecular formula is C23H22ClNO2. The fourth-order valence-electron chi connectivity index (χ4n) is 3.00. The van der Waals surface area contributed by atoms with Crippen LogP contribution in [0.25, 0.3) is 11.1 Å². The molecule has 138 valence electrons. The van der Waals surface area contributed by atoms with Crippen LogP contribution in [0.5, 0.6) is 5.75 Å². The average molecular weight is 380 g/mol. The largest absolute Gasteiger partial charge is 0.508 e. The fourth-order valence-corrected chi connectivity index (χ4v) is 3.29. The first kappa shape index (κ1) is 19.0. The molecule has 0 aromatic heterocycles. The van der Waals surface area contributed by atoms with Crippen LogP contribution in [-0.2, 0) is 0 Å². The van der Waals surface area contributed by atoms with Gasteiger partial charge in [-0.05, 0) is 47.4 Å². The first-order valence-electron chi connectivity index (χ1n) is 8.87. The molecule has 3 aromatic carbocycles. The van der Waals surface area contributed by atoms with Gasteiger partial charge in [-0.3, -0.25) is 4.79 Å². The molecule has 4 heteroatoms. The van der Waals surface area contributed by atoms with E-state index in [2.05, 4.69) is 5.32 Å². The molecule has 1 atom stereocenters. The Labute approximate surface area is 164 Å². The van der Waals surface area contributed by atoms with E-state index >= 15 is 0 Å². The molecule has 0 radical (unpaired) electrons. The summed E-state index contributed by atoms with van der Waals surface area (Å²) in [6.07, 6.45) is 0. The number of phenols is 1. The Kier molecular flexibility index (Phi) is 6.15. The number of rotatable bonds is 6. The third-order valence-electron chi connectivity index (χ3n) is 4.67. The van der Waals surface area contributed by atoms with Crippen LogP contribution in [-0.4, -0.2) is 23.4 Å². The number of amides is 1. The third-order valence-corrected chi connectivity index (χ3v) is 5.04. The Bertz CT molecular complexity index is 904. The number of benzene rings is 3. The molecule has 0 spiro atoms. The number of hydrogen-bond donors (Lipinski definition) is 2. The Morgan fingerprint density at radius 3 is 2.15 bits per heavy atom. The SMILES string of the molecule is Cc1ccccc1C(=O)NCC(CCl)c1ccc(-c2ccc(O)cc2)cc1. The summed E-state index contributed by atoms with van der Waals surface area (Å²) in [5.41, 5.74) is 4.83. The zero-order chi connectivity index (χ0) is 19.2. The summed E-state index contributed by atoms with van der Waals surface area (Å²) in [5.74, 6) is 0.631. The van der Waals surface area contributed by atoms with Gasteiger partial charge in [0, 0.05) is 23.9 Å². The molecule has 0 aliphatic rings. The van der Waals surface area contributed by atoms with Crippen molar-refractivity contribution < 1.29 is 9.90 Å². The van der Waals surface area contributed by atoms with E-state index in [9.17, 15) is 9.90 Å². The molecular weight excluding hydrogens is 358 g/mol. The van der Waals surface area contributed by atoms with E-state index in [1.165, 1.54) is 0 Å². The number of carbonyl (C=O) groups is 1.